The molecule has 2 aromatic carbocycles. The number of amides is 1. The molecule has 5 nitrogen and oxygen atoms in total. The average Bonchev–Trinajstić information content (AvgIpc) is 3.04. The Balaban J connectivity index is 1.61. The Hall–Kier alpha value is -2.31. The van der Waals surface area contributed by atoms with E-state index in [1.807, 2.05) is 43.3 Å². The van der Waals surface area contributed by atoms with Crippen molar-refractivity contribution < 1.29 is 9.21 Å². The Kier molecular flexibility index (Phi) is 5.17. The molecule has 0 fully saturated rings. The summed E-state index contributed by atoms with van der Waals surface area (Å²) in [6.07, 6.45) is 0. The van der Waals surface area contributed by atoms with Crippen molar-refractivity contribution in [2.75, 3.05) is 11.1 Å². The number of anilines is 1. The van der Waals surface area contributed by atoms with Crippen molar-refractivity contribution in [3.8, 4) is 11.5 Å². The zero-order chi connectivity index (χ0) is 16.9. The fourth-order valence-electron chi connectivity index (χ4n) is 2.04. The van der Waals surface area contributed by atoms with Crippen LogP contribution in [0.4, 0.5) is 5.69 Å². The van der Waals surface area contributed by atoms with Gasteiger partial charge in [0.05, 0.1) is 16.3 Å². The first kappa shape index (κ1) is 16.5. The number of hydrogen-bond donors (Lipinski definition) is 1. The van der Waals surface area contributed by atoms with E-state index in [1.165, 1.54) is 11.8 Å². The van der Waals surface area contributed by atoms with Gasteiger partial charge in [-0.3, -0.25) is 4.79 Å². The van der Waals surface area contributed by atoms with E-state index in [0.29, 0.717) is 21.7 Å². The maximum absolute atomic E-state index is 12.0. The van der Waals surface area contributed by atoms with E-state index < -0.39 is 0 Å². The standard InChI is InChI=1S/C17H14ClN3O2S/c1-11-6-2-5-9-14(11)19-15(22)10-24-17-21-20-16(23-17)12-7-3-4-8-13(12)18/h2-9H,10H2,1H3,(H,19,22). The average molecular weight is 360 g/mol. The first-order chi connectivity index (χ1) is 11.6. The monoisotopic (exact) mass is 359 g/mol. The van der Waals surface area contributed by atoms with Crippen LogP contribution in [-0.4, -0.2) is 21.9 Å². The van der Waals surface area contributed by atoms with Crippen LogP contribution < -0.4 is 5.32 Å². The molecule has 1 aromatic heterocycles. The van der Waals surface area contributed by atoms with Gasteiger partial charge in [-0.25, -0.2) is 0 Å². The second-order valence-electron chi connectivity index (χ2n) is 5.00. The summed E-state index contributed by atoms with van der Waals surface area (Å²) < 4.78 is 5.55. The van der Waals surface area contributed by atoms with E-state index in [9.17, 15) is 4.79 Å². The molecule has 1 heterocycles. The van der Waals surface area contributed by atoms with Crippen LogP contribution in [0.2, 0.25) is 5.02 Å². The molecule has 0 bridgehead atoms. The van der Waals surface area contributed by atoms with E-state index in [-0.39, 0.29) is 11.7 Å². The molecule has 0 saturated carbocycles. The Bertz CT molecular complexity index is 866. The molecule has 1 N–H and O–H groups in total. The van der Waals surface area contributed by atoms with Gasteiger partial charge in [-0.2, -0.15) is 0 Å². The molecule has 0 atom stereocenters. The Morgan fingerprint density at radius 2 is 1.92 bits per heavy atom. The zero-order valence-electron chi connectivity index (χ0n) is 12.8. The summed E-state index contributed by atoms with van der Waals surface area (Å²) in [7, 11) is 0. The summed E-state index contributed by atoms with van der Waals surface area (Å²) in [5.41, 5.74) is 2.47. The largest absolute Gasteiger partial charge is 0.411 e. The minimum absolute atomic E-state index is 0.133. The topological polar surface area (TPSA) is 68.0 Å². The van der Waals surface area contributed by atoms with E-state index in [2.05, 4.69) is 15.5 Å². The van der Waals surface area contributed by atoms with Crippen molar-refractivity contribution in [2.45, 2.75) is 12.1 Å². The number of carbonyl (C=O) groups is 1. The summed E-state index contributed by atoms with van der Waals surface area (Å²) >= 11 is 7.28. The van der Waals surface area contributed by atoms with Crippen LogP contribution in [0.15, 0.2) is 58.2 Å². The van der Waals surface area contributed by atoms with Crippen LogP contribution in [0.3, 0.4) is 0 Å². The highest BCUT2D eigenvalue weighted by atomic mass is 35.5. The van der Waals surface area contributed by atoms with Crippen molar-refractivity contribution in [1.29, 1.82) is 0 Å². The second-order valence-corrected chi connectivity index (χ2v) is 6.34. The number of benzene rings is 2. The van der Waals surface area contributed by atoms with E-state index >= 15 is 0 Å². The number of nitrogens with zero attached hydrogens (tertiary/aromatic N) is 2. The van der Waals surface area contributed by atoms with Crippen LogP contribution in [-0.2, 0) is 4.79 Å². The molecule has 1 amide bonds. The quantitative estimate of drug-likeness (QED) is 0.682. The highest BCUT2D eigenvalue weighted by Crippen LogP contribution is 2.28. The molecule has 0 saturated heterocycles. The summed E-state index contributed by atoms with van der Waals surface area (Å²) in [4.78, 5) is 12.0. The van der Waals surface area contributed by atoms with Gasteiger partial charge in [-0.15, -0.1) is 10.2 Å². The maximum Gasteiger partial charge on any atom is 0.277 e. The molecule has 0 radical (unpaired) electrons. The van der Waals surface area contributed by atoms with Crippen LogP contribution in [0.5, 0.6) is 0 Å². The van der Waals surface area contributed by atoms with Gasteiger partial charge in [0.1, 0.15) is 0 Å². The van der Waals surface area contributed by atoms with E-state index in [0.717, 1.165) is 11.3 Å². The third-order valence-electron chi connectivity index (χ3n) is 3.26. The molecule has 0 aliphatic rings. The molecular formula is C17H14ClN3O2S. The normalized spacial score (nSPS) is 10.6. The molecule has 3 aromatic rings. The molecule has 3 rings (SSSR count). The van der Waals surface area contributed by atoms with Gasteiger partial charge in [-0.05, 0) is 30.7 Å². The van der Waals surface area contributed by atoms with Gasteiger partial charge in [0.2, 0.25) is 11.8 Å². The summed E-state index contributed by atoms with van der Waals surface area (Å²) in [5.74, 6) is 0.382. The fourth-order valence-corrected chi connectivity index (χ4v) is 2.82. The lowest BCUT2D eigenvalue weighted by molar-refractivity contribution is -0.113. The second kappa shape index (κ2) is 7.51. The Morgan fingerprint density at radius 1 is 1.17 bits per heavy atom. The SMILES string of the molecule is Cc1ccccc1NC(=O)CSc1nnc(-c2ccccc2Cl)o1. The molecule has 24 heavy (non-hydrogen) atoms. The molecular weight excluding hydrogens is 346 g/mol. The highest BCUT2D eigenvalue weighted by Gasteiger charge is 2.13. The van der Waals surface area contributed by atoms with Crippen LogP contribution in [0, 0.1) is 6.92 Å². The van der Waals surface area contributed by atoms with E-state index in [1.54, 1.807) is 12.1 Å². The molecule has 122 valence electrons. The number of nitrogens with one attached hydrogen (secondary N) is 1. The molecule has 0 aliphatic heterocycles. The fraction of sp³-hybridized carbons (Fsp3) is 0.118. The molecule has 0 aliphatic carbocycles. The summed E-state index contributed by atoms with van der Waals surface area (Å²) in [6.45, 7) is 1.94. The van der Waals surface area contributed by atoms with Gasteiger partial charge >= 0.3 is 0 Å². The van der Waals surface area contributed by atoms with Crippen LogP contribution in [0.1, 0.15) is 5.56 Å². The first-order valence-corrected chi connectivity index (χ1v) is 8.56. The lowest BCUT2D eigenvalue weighted by Gasteiger charge is -2.06. The van der Waals surface area contributed by atoms with Crippen molar-refractivity contribution in [3.05, 3.63) is 59.1 Å². The number of aryl methyl sites for hydroxylation is 1. The van der Waals surface area contributed by atoms with Crippen molar-refractivity contribution in [3.63, 3.8) is 0 Å². The third-order valence-corrected chi connectivity index (χ3v) is 4.40. The molecule has 0 unspecified atom stereocenters. The number of hydrogen-bond acceptors (Lipinski definition) is 5. The minimum atomic E-state index is -0.133. The predicted molar refractivity (Wildman–Crippen MR) is 95.3 cm³/mol. The predicted octanol–water partition coefficient (Wildman–Crippen LogP) is 4.43. The van der Waals surface area contributed by atoms with Crippen LogP contribution >= 0.6 is 23.4 Å². The minimum Gasteiger partial charge on any atom is -0.411 e. The molecule has 0 spiro atoms. The van der Waals surface area contributed by atoms with Crippen molar-refractivity contribution in [2.24, 2.45) is 0 Å². The van der Waals surface area contributed by atoms with Crippen molar-refractivity contribution >= 4 is 35.0 Å². The number of carbonyl (C=O) groups excluding carboxylic acids is 1. The number of thioether (sulfide) groups is 1. The number of aromatic nitrogens is 2. The van der Waals surface area contributed by atoms with Gasteiger partial charge in [0.15, 0.2) is 0 Å². The molecule has 7 heteroatoms. The number of rotatable bonds is 5. The smallest absolute Gasteiger partial charge is 0.277 e. The lowest BCUT2D eigenvalue weighted by Crippen LogP contribution is -2.14. The Morgan fingerprint density at radius 3 is 2.71 bits per heavy atom. The van der Waals surface area contributed by atoms with Crippen molar-refractivity contribution in [1.82, 2.24) is 10.2 Å². The first-order valence-electron chi connectivity index (χ1n) is 7.20. The van der Waals surface area contributed by atoms with E-state index in [4.69, 9.17) is 16.0 Å². The zero-order valence-corrected chi connectivity index (χ0v) is 14.4. The van der Waals surface area contributed by atoms with Gasteiger partial charge in [-0.1, -0.05) is 53.7 Å². The lowest BCUT2D eigenvalue weighted by atomic mass is 10.2. The van der Waals surface area contributed by atoms with Crippen LogP contribution in [0.25, 0.3) is 11.5 Å². The summed E-state index contributed by atoms with van der Waals surface area (Å²) in [5, 5.41) is 11.6. The highest BCUT2D eigenvalue weighted by molar-refractivity contribution is 7.99. The van der Waals surface area contributed by atoms with Gasteiger partial charge in [0, 0.05) is 5.69 Å². The summed E-state index contributed by atoms with van der Waals surface area (Å²) in [6, 6.07) is 14.8. The number of halogens is 1. The van der Waals surface area contributed by atoms with Gasteiger partial charge in [0.25, 0.3) is 5.22 Å². The third kappa shape index (κ3) is 3.96. The maximum atomic E-state index is 12.0. The van der Waals surface area contributed by atoms with Gasteiger partial charge < -0.3 is 9.73 Å². The Labute approximate surface area is 148 Å². The number of para-hydroxylation sites is 1.